The van der Waals surface area contributed by atoms with Crippen LogP contribution in [-0.2, 0) is 4.79 Å². The van der Waals surface area contributed by atoms with E-state index in [-0.39, 0.29) is 5.91 Å². The third-order valence-electron chi connectivity index (χ3n) is 5.10. The number of hydrogen-bond acceptors (Lipinski definition) is 3. The number of nitrogens with one attached hydrogen (secondary N) is 2. The van der Waals surface area contributed by atoms with Crippen molar-refractivity contribution >= 4 is 11.6 Å². The first-order chi connectivity index (χ1) is 11.7. The van der Waals surface area contributed by atoms with Crippen LogP contribution >= 0.6 is 0 Å². The minimum absolute atomic E-state index is 0.201. The second-order valence-electron chi connectivity index (χ2n) is 7.01. The predicted molar refractivity (Wildman–Crippen MR) is 95.7 cm³/mol. The molecule has 5 nitrogen and oxygen atoms in total. The molecule has 2 aliphatic rings. The number of hydrogen-bond donors (Lipinski definition) is 2. The van der Waals surface area contributed by atoms with Crippen LogP contribution in [0, 0.1) is 5.92 Å². The molecule has 1 heterocycles. The van der Waals surface area contributed by atoms with E-state index in [0.29, 0.717) is 19.2 Å². The molecule has 24 heavy (non-hydrogen) atoms. The molecule has 1 aromatic rings. The lowest BCUT2D eigenvalue weighted by atomic mass is 10.2. The molecule has 0 aromatic heterocycles. The standard InChI is InChI=1S/C19H29N3O2/c1-3-24-18-7-5-4-6-17(18)22-12-10-21(11-13-22)14-19(23)20-15(2)16-8-9-16/h4-7,15-16H,3,8-14H2,1-2H3,(H,20,23)/p+1/t15-/m1/s1. The van der Waals surface area contributed by atoms with Gasteiger partial charge in [0.1, 0.15) is 5.75 Å². The van der Waals surface area contributed by atoms with Crippen molar-refractivity contribution in [3.8, 4) is 5.75 Å². The molecule has 1 aromatic carbocycles. The number of ether oxygens (including phenoxy) is 1. The smallest absolute Gasteiger partial charge is 0.275 e. The zero-order valence-electron chi connectivity index (χ0n) is 14.9. The van der Waals surface area contributed by atoms with Crippen molar-refractivity contribution in [1.29, 1.82) is 0 Å². The quantitative estimate of drug-likeness (QED) is 0.773. The molecule has 1 aliphatic heterocycles. The van der Waals surface area contributed by atoms with Gasteiger partial charge in [-0.15, -0.1) is 0 Å². The number of rotatable bonds is 7. The topological polar surface area (TPSA) is 46.0 Å². The fourth-order valence-corrected chi connectivity index (χ4v) is 3.48. The molecule has 3 rings (SSSR count). The molecular formula is C19H30N3O2+. The van der Waals surface area contributed by atoms with Crippen molar-refractivity contribution in [2.45, 2.75) is 32.7 Å². The summed E-state index contributed by atoms with van der Waals surface area (Å²) in [7, 11) is 0. The molecule has 2 N–H and O–H groups in total. The zero-order chi connectivity index (χ0) is 16.9. The number of benzene rings is 1. The van der Waals surface area contributed by atoms with Crippen LogP contribution in [0.5, 0.6) is 5.75 Å². The summed E-state index contributed by atoms with van der Waals surface area (Å²) in [4.78, 5) is 15.9. The van der Waals surface area contributed by atoms with Crippen molar-refractivity contribution < 1.29 is 14.4 Å². The minimum atomic E-state index is 0.201. The molecule has 0 spiro atoms. The Morgan fingerprint density at radius 3 is 2.71 bits per heavy atom. The van der Waals surface area contributed by atoms with Gasteiger partial charge < -0.3 is 19.9 Å². The summed E-state index contributed by atoms with van der Waals surface area (Å²) < 4.78 is 5.74. The van der Waals surface area contributed by atoms with Gasteiger partial charge in [0.05, 0.1) is 38.5 Å². The Bertz CT molecular complexity index is 551. The maximum Gasteiger partial charge on any atom is 0.275 e. The molecule has 1 atom stereocenters. The van der Waals surface area contributed by atoms with Crippen molar-refractivity contribution in [3.05, 3.63) is 24.3 Å². The van der Waals surface area contributed by atoms with E-state index in [9.17, 15) is 4.79 Å². The van der Waals surface area contributed by atoms with Crippen LogP contribution in [0.15, 0.2) is 24.3 Å². The van der Waals surface area contributed by atoms with Gasteiger partial charge >= 0.3 is 0 Å². The van der Waals surface area contributed by atoms with Gasteiger partial charge in [-0.2, -0.15) is 0 Å². The van der Waals surface area contributed by atoms with Gasteiger partial charge in [-0.25, -0.2) is 0 Å². The Kier molecular flexibility index (Phi) is 5.61. The Hall–Kier alpha value is -1.75. The number of para-hydroxylation sites is 2. The summed E-state index contributed by atoms with van der Waals surface area (Å²) in [6.07, 6.45) is 2.54. The maximum atomic E-state index is 12.2. The minimum Gasteiger partial charge on any atom is -0.492 e. The average Bonchev–Trinajstić information content (AvgIpc) is 3.41. The molecule has 1 saturated carbocycles. The van der Waals surface area contributed by atoms with Crippen LogP contribution in [0.25, 0.3) is 0 Å². The number of carbonyl (C=O) groups excluding carboxylic acids is 1. The highest BCUT2D eigenvalue weighted by Crippen LogP contribution is 2.32. The van der Waals surface area contributed by atoms with Gasteiger partial charge in [0.15, 0.2) is 6.54 Å². The van der Waals surface area contributed by atoms with Gasteiger partial charge in [0, 0.05) is 6.04 Å². The highest BCUT2D eigenvalue weighted by molar-refractivity contribution is 5.77. The van der Waals surface area contributed by atoms with Crippen LogP contribution < -0.4 is 19.9 Å². The third-order valence-corrected chi connectivity index (χ3v) is 5.10. The fraction of sp³-hybridized carbons (Fsp3) is 0.632. The molecule has 0 radical (unpaired) electrons. The summed E-state index contributed by atoms with van der Waals surface area (Å²) in [6, 6.07) is 8.58. The van der Waals surface area contributed by atoms with Gasteiger partial charge in [0.25, 0.3) is 5.91 Å². The Balaban J connectivity index is 1.48. The Morgan fingerprint density at radius 2 is 2.04 bits per heavy atom. The van der Waals surface area contributed by atoms with E-state index < -0.39 is 0 Å². The molecule has 1 saturated heterocycles. The van der Waals surface area contributed by atoms with Gasteiger partial charge in [-0.1, -0.05) is 12.1 Å². The van der Waals surface area contributed by atoms with E-state index in [4.69, 9.17) is 4.74 Å². The van der Waals surface area contributed by atoms with E-state index in [1.807, 2.05) is 19.1 Å². The lowest BCUT2D eigenvalue weighted by Gasteiger charge is -2.34. The van der Waals surface area contributed by atoms with Crippen molar-refractivity contribution in [3.63, 3.8) is 0 Å². The lowest BCUT2D eigenvalue weighted by molar-refractivity contribution is -0.892. The molecule has 0 unspecified atom stereocenters. The highest BCUT2D eigenvalue weighted by Gasteiger charge is 2.30. The van der Waals surface area contributed by atoms with E-state index in [2.05, 4.69) is 29.3 Å². The van der Waals surface area contributed by atoms with Crippen LogP contribution in [0.3, 0.4) is 0 Å². The number of carbonyl (C=O) groups is 1. The van der Waals surface area contributed by atoms with Gasteiger partial charge in [-0.05, 0) is 44.7 Å². The molecule has 132 valence electrons. The summed E-state index contributed by atoms with van der Waals surface area (Å²) in [5, 5.41) is 3.16. The first-order valence-corrected chi connectivity index (χ1v) is 9.27. The molecule has 2 fully saturated rings. The normalized spacial score (nSPS) is 19.8. The fourth-order valence-electron chi connectivity index (χ4n) is 3.48. The number of amides is 1. The molecule has 5 heteroatoms. The van der Waals surface area contributed by atoms with Gasteiger partial charge in [-0.3, -0.25) is 4.79 Å². The van der Waals surface area contributed by atoms with Crippen molar-refractivity contribution in [1.82, 2.24) is 5.32 Å². The van der Waals surface area contributed by atoms with E-state index in [0.717, 1.165) is 37.8 Å². The summed E-state index contributed by atoms with van der Waals surface area (Å²) in [5.41, 5.74) is 1.17. The number of quaternary nitrogens is 1. The van der Waals surface area contributed by atoms with E-state index in [1.54, 1.807) is 0 Å². The molecular weight excluding hydrogens is 302 g/mol. The van der Waals surface area contributed by atoms with E-state index >= 15 is 0 Å². The van der Waals surface area contributed by atoms with Gasteiger partial charge in [0.2, 0.25) is 0 Å². The first-order valence-electron chi connectivity index (χ1n) is 9.27. The van der Waals surface area contributed by atoms with Crippen LogP contribution in [0.4, 0.5) is 5.69 Å². The predicted octanol–water partition coefficient (Wildman–Crippen LogP) is 0.705. The van der Waals surface area contributed by atoms with Crippen LogP contribution in [0.2, 0.25) is 0 Å². The van der Waals surface area contributed by atoms with Crippen LogP contribution in [-0.4, -0.2) is 51.3 Å². The largest absolute Gasteiger partial charge is 0.492 e. The van der Waals surface area contributed by atoms with Crippen molar-refractivity contribution in [2.75, 3.05) is 44.2 Å². The summed E-state index contributed by atoms with van der Waals surface area (Å²) in [6.45, 7) is 9.33. The molecule has 1 amide bonds. The van der Waals surface area contributed by atoms with Crippen molar-refractivity contribution in [2.24, 2.45) is 5.92 Å². The van der Waals surface area contributed by atoms with Crippen LogP contribution in [0.1, 0.15) is 26.7 Å². The summed E-state index contributed by atoms with van der Waals surface area (Å²) in [5.74, 6) is 1.88. The molecule has 1 aliphatic carbocycles. The Labute approximate surface area is 145 Å². The SMILES string of the molecule is CCOc1ccccc1N1CC[NH+](CC(=O)N[C@H](C)C2CC2)CC1. The highest BCUT2D eigenvalue weighted by atomic mass is 16.5. The number of anilines is 1. The lowest BCUT2D eigenvalue weighted by Crippen LogP contribution is -3.16. The number of nitrogens with zero attached hydrogens (tertiary/aromatic N) is 1. The first kappa shape index (κ1) is 17.1. The maximum absolute atomic E-state index is 12.2. The Morgan fingerprint density at radius 1 is 1.33 bits per heavy atom. The third kappa shape index (κ3) is 4.41. The van der Waals surface area contributed by atoms with E-state index in [1.165, 1.54) is 23.4 Å². The second-order valence-corrected chi connectivity index (χ2v) is 7.01. The summed E-state index contributed by atoms with van der Waals surface area (Å²) >= 11 is 0. The zero-order valence-corrected chi connectivity index (χ0v) is 14.9. The molecule has 0 bridgehead atoms. The average molecular weight is 332 g/mol. The second kappa shape index (κ2) is 7.88. The number of piperazine rings is 1. The monoisotopic (exact) mass is 332 g/mol.